The maximum atomic E-state index is 15.3. The second-order valence-electron chi connectivity index (χ2n) is 10.0. The van der Waals surface area contributed by atoms with E-state index in [1.54, 1.807) is 29.1 Å². The predicted octanol–water partition coefficient (Wildman–Crippen LogP) is 4.17. The molecule has 35 heavy (non-hydrogen) atoms. The molecular formula is C26H30FN5O2S. The van der Waals surface area contributed by atoms with Gasteiger partial charge in [0.05, 0.1) is 0 Å². The summed E-state index contributed by atoms with van der Waals surface area (Å²) in [7, 11) is -3.60. The molecule has 3 aliphatic rings. The minimum Gasteiger partial charge on any atom is -0.371 e. The first-order chi connectivity index (χ1) is 17.0. The summed E-state index contributed by atoms with van der Waals surface area (Å²) in [6, 6.07) is 15.0. The number of fused-ring (bicyclic) bond motifs is 1. The molecule has 3 aromatic rings. The summed E-state index contributed by atoms with van der Waals surface area (Å²) >= 11 is 0. The number of sulfonamides is 1. The average Bonchev–Trinajstić information content (AvgIpc) is 3.24. The Hall–Kier alpha value is -2.78. The zero-order chi connectivity index (χ0) is 24.2. The molecule has 1 saturated carbocycles. The van der Waals surface area contributed by atoms with E-state index in [-0.39, 0.29) is 18.4 Å². The lowest BCUT2D eigenvalue weighted by Crippen LogP contribution is -2.46. The fraction of sp³-hybridized carbons (Fsp3) is 0.462. The lowest BCUT2D eigenvalue weighted by Gasteiger charge is -2.39. The van der Waals surface area contributed by atoms with Gasteiger partial charge in [0.1, 0.15) is 23.7 Å². The van der Waals surface area contributed by atoms with E-state index in [9.17, 15) is 8.42 Å². The first kappa shape index (κ1) is 22.7. The molecule has 2 aromatic carbocycles. The summed E-state index contributed by atoms with van der Waals surface area (Å²) < 4.78 is 46.2. The van der Waals surface area contributed by atoms with Gasteiger partial charge in [-0.3, -0.25) is 0 Å². The van der Waals surface area contributed by atoms with Gasteiger partial charge in [0, 0.05) is 54.8 Å². The number of hydrogen-bond acceptors (Lipinski definition) is 5. The normalized spacial score (nSPS) is 29.8. The van der Waals surface area contributed by atoms with Crippen molar-refractivity contribution in [1.82, 2.24) is 19.1 Å². The van der Waals surface area contributed by atoms with Crippen molar-refractivity contribution in [3.05, 3.63) is 78.1 Å². The first-order valence-electron chi connectivity index (χ1n) is 12.4. The molecule has 0 unspecified atom stereocenters. The van der Waals surface area contributed by atoms with Crippen molar-refractivity contribution in [2.75, 3.05) is 18.0 Å². The highest BCUT2D eigenvalue weighted by molar-refractivity contribution is 7.89. The monoisotopic (exact) mass is 495 g/mol. The third-order valence-electron chi connectivity index (χ3n) is 8.16. The Bertz CT molecular complexity index is 1290. The molecule has 6 rings (SSSR count). The Morgan fingerprint density at radius 3 is 2.37 bits per heavy atom. The van der Waals surface area contributed by atoms with Crippen LogP contribution in [0.1, 0.15) is 48.6 Å². The van der Waals surface area contributed by atoms with Crippen LogP contribution < -0.4 is 4.90 Å². The Balaban J connectivity index is 1.19. The zero-order valence-electron chi connectivity index (χ0n) is 19.7. The molecule has 7 nitrogen and oxygen atoms in total. The van der Waals surface area contributed by atoms with E-state index in [2.05, 4.69) is 19.7 Å². The Morgan fingerprint density at radius 1 is 1.00 bits per heavy atom. The lowest BCUT2D eigenvalue weighted by atomic mass is 10.0. The van der Waals surface area contributed by atoms with Crippen molar-refractivity contribution < 1.29 is 12.8 Å². The number of anilines is 1. The molecule has 0 spiro atoms. The molecular weight excluding hydrogens is 465 g/mol. The van der Waals surface area contributed by atoms with Crippen LogP contribution in [0.3, 0.4) is 0 Å². The number of halogens is 1. The minimum absolute atomic E-state index is 0.0667. The predicted molar refractivity (Wildman–Crippen MR) is 132 cm³/mol. The summed E-state index contributed by atoms with van der Waals surface area (Å²) in [5.74, 6) is 0.727. The fourth-order valence-electron chi connectivity index (χ4n) is 6.18. The number of piperidine rings is 1. The van der Waals surface area contributed by atoms with Gasteiger partial charge in [-0.1, -0.05) is 43.3 Å². The summed E-state index contributed by atoms with van der Waals surface area (Å²) in [4.78, 5) is 2.22. The van der Waals surface area contributed by atoms with E-state index in [4.69, 9.17) is 0 Å². The molecule has 0 N–H and O–H groups in total. The van der Waals surface area contributed by atoms with Crippen LogP contribution in [0.4, 0.5) is 10.1 Å². The van der Waals surface area contributed by atoms with Crippen LogP contribution in [-0.4, -0.2) is 46.6 Å². The molecule has 1 aromatic heterocycles. The number of nitrogens with zero attached hydrogens (tertiary/aromatic N) is 5. The SMILES string of the molecule is CC[C@H]1CC[C@@H](c2ccccc2)S(=O)(=O)N1Cc1ccc(N2C[C@@H]3[C@H](C2)[C@H]3n2cnnc2)cc1F. The number of benzene rings is 2. The molecule has 0 amide bonds. The average molecular weight is 496 g/mol. The third-order valence-corrected chi connectivity index (χ3v) is 10.5. The van der Waals surface area contributed by atoms with Crippen molar-refractivity contribution in [2.24, 2.45) is 11.8 Å². The smallest absolute Gasteiger partial charge is 0.221 e. The number of rotatable bonds is 6. The van der Waals surface area contributed by atoms with E-state index in [1.807, 2.05) is 43.3 Å². The summed E-state index contributed by atoms with van der Waals surface area (Å²) in [6.07, 6.45) is 5.62. The van der Waals surface area contributed by atoms with Crippen molar-refractivity contribution in [3.8, 4) is 0 Å². The van der Waals surface area contributed by atoms with Gasteiger partial charge >= 0.3 is 0 Å². The maximum absolute atomic E-state index is 15.3. The van der Waals surface area contributed by atoms with Crippen LogP contribution in [0, 0.1) is 17.7 Å². The third kappa shape index (κ3) is 3.94. The van der Waals surface area contributed by atoms with Gasteiger partial charge in [0.15, 0.2) is 0 Å². The highest BCUT2D eigenvalue weighted by Crippen LogP contribution is 2.55. The van der Waals surface area contributed by atoms with E-state index in [1.165, 1.54) is 0 Å². The molecule has 0 radical (unpaired) electrons. The van der Waals surface area contributed by atoms with Gasteiger partial charge in [-0.15, -0.1) is 10.2 Å². The van der Waals surface area contributed by atoms with E-state index in [0.717, 1.165) is 30.8 Å². The molecule has 9 heteroatoms. The highest BCUT2D eigenvalue weighted by atomic mass is 32.2. The molecule has 5 atom stereocenters. The van der Waals surface area contributed by atoms with Crippen LogP contribution in [-0.2, 0) is 16.6 Å². The number of hydrogen-bond donors (Lipinski definition) is 0. The quantitative estimate of drug-likeness (QED) is 0.513. The van der Waals surface area contributed by atoms with Crippen LogP contribution in [0.25, 0.3) is 0 Å². The standard InChI is InChI=1S/C26H30FN5O2S/c1-2-20-10-11-25(18-6-4-3-5-7-18)35(33,34)32(20)13-19-8-9-21(12-24(19)27)30-14-22-23(15-30)26(22)31-16-28-29-17-31/h3-9,12,16-17,20,22-23,25-26H,2,10-11,13-15H2,1H3/t20-,22-,23+,25-,26+/m0/s1. The molecule has 0 bridgehead atoms. The Kier molecular flexibility index (Phi) is 5.64. The number of aromatic nitrogens is 3. The molecule has 1 aliphatic carbocycles. The second kappa shape index (κ2) is 8.71. The molecule has 3 heterocycles. The second-order valence-corrected chi connectivity index (χ2v) is 12.1. The molecule has 2 aliphatic heterocycles. The molecule has 2 saturated heterocycles. The van der Waals surface area contributed by atoms with E-state index in [0.29, 0.717) is 36.3 Å². The van der Waals surface area contributed by atoms with Crippen molar-refractivity contribution in [2.45, 2.75) is 50.1 Å². The van der Waals surface area contributed by atoms with E-state index < -0.39 is 15.3 Å². The first-order valence-corrected chi connectivity index (χ1v) is 13.9. The van der Waals surface area contributed by atoms with Crippen molar-refractivity contribution >= 4 is 15.7 Å². The highest BCUT2D eigenvalue weighted by Gasteiger charge is 2.57. The van der Waals surface area contributed by atoms with Crippen LogP contribution in [0.2, 0.25) is 0 Å². The van der Waals surface area contributed by atoms with Crippen LogP contribution >= 0.6 is 0 Å². The lowest BCUT2D eigenvalue weighted by molar-refractivity contribution is 0.257. The van der Waals surface area contributed by atoms with E-state index >= 15 is 4.39 Å². The largest absolute Gasteiger partial charge is 0.371 e. The topological polar surface area (TPSA) is 71.3 Å². The van der Waals surface area contributed by atoms with Crippen LogP contribution in [0.5, 0.6) is 0 Å². The van der Waals surface area contributed by atoms with Gasteiger partial charge in [-0.2, -0.15) is 4.31 Å². The van der Waals surface area contributed by atoms with Crippen LogP contribution in [0.15, 0.2) is 61.2 Å². The summed E-state index contributed by atoms with van der Waals surface area (Å²) in [5.41, 5.74) is 2.09. The maximum Gasteiger partial charge on any atom is 0.221 e. The van der Waals surface area contributed by atoms with Gasteiger partial charge < -0.3 is 9.47 Å². The zero-order valence-corrected chi connectivity index (χ0v) is 20.6. The Morgan fingerprint density at radius 2 is 1.71 bits per heavy atom. The summed E-state index contributed by atoms with van der Waals surface area (Å²) in [6.45, 7) is 3.82. The summed E-state index contributed by atoms with van der Waals surface area (Å²) in [5, 5.41) is 7.23. The fourth-order valence-corrected chi connectivity index (χ4v) is 8.43. The Labute approximate surface area is 205 Å². The molecule has 184 valence electrons. The minimum atomic E-state index is -3.60. The van der Waals surface area contributed by atoms with Gasteiger partial charge in [0.2, 0.25) is 10.0 Å². The van der Waals surface area contributed by atoms with Gasteiger partial charge in [-0.25, -0.2) is 12.8 Å². The van der Waals surface area contributed by atoms with Crippen molar-refractivity contribution in [3.63, 3.8) is 0 Å². The van der Waals surface area contributed by atoms with Gasteiger partial charge in [0.25, 0.3) is 0 Å². The molecule has 3 fully saturated rings. The van der Waals surface area contributed by atoms with Gasteiger partial charge in [-0.05, 0) is 37.0 Å². The van der Waals surface area contributed by atoms with Crippen molar-refractivity contribution in [1.29, 1.82) is 0 Å².